The molecule has 0 aliphatic carbocycles. The van der Waals surface area contributed by atoms with E-state index in [9.17, 15) is 0 Å². The van der Waals surface area contributed by atoms with Crippen molar-refractivity contribution in [1.29, 1.82) is 0 Å². The number of rotatable bonds is 0. The minimum absolute atomic E-state index is 0.935. The van der Waals surface area contributed by atoms with Crippen molar-refractivity contribution in [3.63, 3.8) is 0 Å². The molecular weight excluding hydrogens is 154 g/mol. The van der Waals surface area contributed by atoms with Gasteiger partial charge in [0.2, 0.25) is 0 Å². The van der Waals surface area contributed by atoms with Crippen molar-refractivity contribution in [1.82, 2.24) is 0 Å². The van der Waals surface area contributed by atoms with Gasteiger partial charge in [0.1, 0.15) is 0 Å². The average Bonchev–Trinajstić information content (AvgIpc) is 1.86. The Labute approximate surface area is 47.5 Å². The molecule has 1 unspecified atom stereocenters. The van der Waals surface area contributed by atoms with E-state index in [0.717, 1.165) is 8.19 Å². The molecule has 0 N–H and O–H groups in total. The molecule has 1 heterocycles. The van der Waals surface area contributed by atoms with Gasteiger partial charge in [-0.15, -0.1) is 0 Å². The first kappa shape index (κ1) is 4.50. The molecule has 0 saturated carbocycles. The van der Waals surface area contributed by atoms with Gasteiger partial charge in [-0.25, -0.2) is 0 Å². The van der Waals surface area contributed by atoms with E-state index in [1.54, 1.807) is 0 Å². The molecule has 0 aromatic carbocycles. The van der Waals surface area contributed by atoms with Gasteiger partial charge in [0.15, 0.2) is 0 Å². The van der Waals surface area contributed by atoms with Crippen molar-refractivity contribution in [3.05, 3.63) is 17.9 Å². The summed E-state index contributed by atoms with van der Waals surface area (Å²) >= 11 is 2.55. The Bertz CT molecular complexity index is 111. The van der Waals surface area contributed by atoms with E-state index >= 15 is 0 Å². The Balaban J connectivity index is 3.05. The van der Waals surface area contributed by atoms with Crippen LogP contribution in [-0.4, -0.2) is 16.9 Å². The van der Waals surface area contributed by atoms with Crippen LogP contribution in [0.25, 0.3) is 0 Å². The Hall–Kier alpha value is 0.338. The summed E-state index contributed by atoms with van der Waals surface area (Å²) < 4.78 is 1.43. The van der Waals surface area contributed by atoms with Crippen LogP contribution < -0.4 is 4.08 Å². The zero-order valence-corrected chi connectivity index (χ0v) is 6.06. The van der Waals surface area contributed by atoms with Crippen molar-refractivity contribution < 1.29 is 0 Å². The maximum absolute atomic E-state index is 2.55. The molecule has 0 saturated heterocycles. The van der Waals surface area contributed by atoms with E-state index < -0.39 is 0 Å². The molecule has 1 aromatic heterocycles. The summed E-state index contributed by atoms with van der Waals surface area (Å²) in [6, 6.07) is 4.21. The molecule has 30 valence electrons. The van der Waals surface area contributed by atoms with Gasteiger partial charge in [0.25, 0.3) is 0 Å². The normalized spacial score (nSPS) is 10.2. The van der Waals surface area contributed by atoms with Crippen molar-refractivity contribution in [2.75, 3.05) is 0 Å². The molecule has 0 aliphatic rings. The van der Waals surface area contributed by atoms with E-state index in [0.29, 0.717) is 0 Å². The van der Waals surface area contributed by atoms with Crippen molar-refractivity contribution in [2.24, 2.45) is 0 Å². The fourth-order valence-corrected chi connectivity index (χ4v) is 1.53. The maximum atomic E-state index is 2.55. The molecule has 2 heteroatoms. The van der Waals surface area contributed by atoms with Crippen LogP contribution in [0.2, 0.25) is 0 Å². The Morgan fingerprint density at radius 1 is 1.67 bits per heavy atom. The zero-order chi connectivity index (χ0) is 4.41. The zero-order valence-electron chi connectivity index (χ0n) is 3.18. The first-order chi connectivity index (χ1) is 2.89. The standard InChI is InChI=1S/C4H4AsP/c5-4-2-1-3-6-4/h1-3,6H. The van der Waals surface area contributed by atoms with Crippen LogP contribution in [0, 0.1) is 0 Å². The SMILES string of the molecule is [As]c1ccc[pH]1. The van der Waals surface area contributed by atoms with E-state index in [1.807, 2.05) is 0 Å². The average molecular weight is 158 g/mol. The monoisotopic (exact) mass is 158 g/mol. The Morgan fingerprint density at radius 2 is 2.50 bits per heavy atom. The fourth-order valence-electron chi connectivity index (χ4n) is 0.321. The summed E-state index contributed by atoms with van der Waals surface area (Å²) in [7, 11) is 0.935. The first-order valence-corrected chi connectivity index (χ1v) is 3.73. The molecular formula is C4H4AsP. The van der Waals surface area contributed by atoms with Gasteiger partial charge in [-0.3, -0.25) is 0 Å². The minimum atomic E-state index is 0.935. The molecule has 0 bridgehead atoms. The number of hydrogen-bond donors (Lipinski definition) is 0. The second kappa shape index (κ2) is 1.87. The van der Waals surface area contributed by atoms with Crippen LogP contribution >= 0.6 is 8.19 Å². The van der Waals surface area contributed by atoms with Crippen molar-refractivity contribution in [2.45, 2.75) is 0 Å². The predicted molar refractivity (Wildman–Crippen MR) is 31.3 cm³/mol. The van der Waals surface area contributed by atoms with Gasteiger partial charge in [-0.1, -0.05) is 0 Å². The van der Waals surface area contributed by atoms with Gasteiger partial charge in [-0.05, 0) is 0 Å². The molecule has 0 fully saturated rings. The molecule has 0 aliphatic heterocycles. The first-order valence-electron chi connectivity index (χ1n) is 1.72. The molecule has 1 atom stereocenters. The summed E-state index contributed by atoms with van der Waals surface area (Å²) in [4.78, 5) is 0. The topological polar surface area (TPSA) is 0 Å². The Kier molecular flexibility index (Phi) is 1.40. The summed E-state index contributed by atoms with van der Waals surface area (Å²) in [5.74, 6) is 2.17. The fraction of sp³-hybridized carbons (Fsp3) is 0. The van der Waals surface area contributed by atoms with E-state index in [-0.39, 0.29) is 0 Å². The summed E-state index contributed by atoms with van der Waals surface area (Å²) in [5.41, 5.74) is 0. The summed E-state index contributed by atoms with van der Waals surface area (Å²) in [5, 5.41) is 0. The summed E-state index contributed by atoms with van der Waals surface area (Å²) in [6.07, 6.45) is 0. The molecule has 1 aromatic rings. The van der Waals surface area contributed by atoms with Crippen LogP contribution in [0.3, 0.4) is 0 Å². The van der Waals surface area contributed by atoms with E-state index in [1.165, 1.54) is 4.08 Å². The van der Waals surface area contributed by atoms with Crippen molar-refractivity contribution >= 4 is 29.1 Å². The molecule has 0 nitrogen and oxygen atoms in total. The molecule has 0 amide bonds. The van der Waals surface area contributed by atoms with E-state index in [4.69, 9.17) is 0 Å². The van der Waals surface area contributed by atoms with Gasteiger partial charge in [0, 0.05) is 0 Å². The van der Waals surface area contributed by atoms with Gasteiger partial charge in [-0.2, -0.15) is 0 Å². The van der Waals surface area contributed by atoms with Gasteiger partial charge >= 0.3 is 47.1 Å². The van der Waals surface area contributed by atoms with Gasteiger partial charge < -0.3 is 0 Å². The van der Waals surface area contributed by atoms with Crippen molar-refractivity contribution in [3.8, 4) is 0 Å². The summed E-state index contributed by atoms with van der Waals surface area (Å²) in [6.45, 7) is 0. The van der Waals surface area contributed by atoms with Crippen LogP contribution in [0.4, 0.5) is 0 Å². The third kappa shape index (κ3) is 0.898. The molecule has 1 rings (SSSR count). The third-order valence-corrected chi connectivity index (χ3v) is 2.53. The van der Waals surface area contributed by atoms with Crippen LogP contribution in [0.1, 0.15) is 0 Å². The molecule has 0 spiro atoms. The van der Waals surface area contributed by atoms with Crippen LogP contribution in [-0.2, 0) is 0 Å². The van der Waals surface area contributed by atoms with Crippen LogP contribution in [0.15, 0.2) is 17.9 Å². The van der Waals surface area contributed by atoms with E-state index in [2.05, 4.69) is 34.8 Å². The predicted octanol–water partition coefficient (Wildman–Crippen LogP) is 0.512. The third-order valence-electron chi connectivity index (χ3n) is 0.582. The Morgan fingerprint density at radius 3 is 2.67 bits per heavy atom. The molecule has 2 radical (unpaired) electrons. The molecule has 6 heavy (non-hydrogen) atoms. The second-order valence-electron chi connectivity index (χ2n) is 1.06. The number of hydrogen-bond acceptors (Lipinski definition) is 0. The second-order valence-corrected chi connectivity index (χ2v) is 4.14. The quantitative estimate of drug-likeness (QED) is 0.482. The van der Waals surface area contributed by atoms with Gasteiger partial charge in [0.05, 0.1) is 0 Å². The van der Waals surface area contributed by atoms with Crippen LogP contribution in [0.5, 0.6) is 0 Å².